The van der Waals surface area contributed by atoms with Crippen molar-refractivity contribution in [2.45, 2.75) is 18.6 Å². The molecule has 1 saturated heterocycles. The van der Waals surface area contributed by atoms with Crippen LogP contribution in [0.4, 0.5) is 4.39 Å². The fourth-order valence-electron chi connectivity index (χ4n) is 3.25. The molecule has 3 rings (SSSR count). The van der Waals surface area contributed by atoms with Gasteiger partial charge >= 0.3 is 0 Å². The van der Waals surface area contributed by atoms with Crippen molar-refractivity contribution in [3.8, 4) is 11.5 Å². The van der Waals surface area contributed by atoms with Crippen LogP contribution in [0.25, 0.3) is 0 Å². The monoisotopic (exact) mass is 331 g/mol. The van der Waals surface area contributed by atoms with Crippen LogP contribution in [0.5, 0.6) is 11.5 Å². The van der Waals surface area contributed by atoms with Gasteiger partial charge in [0, 0.05) is 31.3 Å². The second kappa shape index (κ2) is 6.79. The lowest BCUT2D eigenvalue weighted by Crippen LogP contribution is -2.30. The van der Waals surface area contributed by atoms with E-state index in [2.05, 4.69) is 4.90 Å². The Labute approximate surface area is 141 Å². The van der Waals surface area contributed by atoms with E-state index in [9.17, 15) is 9.50 Å². The van der Waals surface area contributed by atoms with Gasteiger partial charge in [0.25, 0.3) is 0 Å². The van der Waals surface area contributed by atoms with Gasteiger partial charge in [-0.1, -0.05) is 30.3 Å². The number of ether oxygens (including phenoxy) is 2. The van der Waals surface area contributed by atoms with Crippen LogP contribution in [-0.2, 0) is 12.1 Å². The zero-order chi connectivity index (χ0) is 17.2. The Kier molecular flexibility index (Phi) is 4.73. The summed E-state index contributed by atoms with van der Waals surface area (Å²) in [5.74, 6) is 0.551. The van der Waals surface area contributed by atoms with Gasteiger partial charge in [-0.3, -0.25) is 4.90 Å². The molecule has 0 aliphatic carbocycles. The van der Waals surface area contributed by atoms with Crippen molar-refractivity contribution in [1.29, 1.82) is 0 Å². The number of hydrogen-bond acceptors (Lipinski definition) is 4. The molecule has 128 valence electrons. The van der Waals surface area contributed by atoms with E-state index in [0.29, 0.717) is 43.1 Å². The molecule has 0 bridgehead atoms. The normalized spacial score (nSPS) is 21.0. The molecule has 1 aliphatic heterocycles. The lowest BCUT2D eigenvalue weighted by molar-refractivity contribution is 0.0451. The number of benzene rings is 2. The Bertz CT molecular complexity index is 707. The molecular weight excluding hydrogens is 309 g/mol. The molecule has 2 aromatic rings. The molecule has 0 saturated carbocycles. The van der Waals surface area contributed by atoms with Gasteiger partial charge < -0.3 is 14.6 Å². The predicted octanol–water partition coefficient (Wildman–Crippen LogP) is 2.94. The summed E-state index contributed by atoms with van der Waals surface area (Å²) in [4.78, 5) is 2.05. The summed E-state index contributed by atoms with van der Waals surface area (Å²) in [7, 11) is 3.01. The SMILES string of the molecule is COc1cc(F)c(CN2CCC(O)(c3ccccc3)C2)cc1OC. The number of nitrogens with zero attached hydrogens (tertiary/aromatic N) is 1. The van der Waals surface area contributed by atoms with E-state index in [-0.39, 0.29) is 5.82 Å². The zero-order valence-electron chi connectivity index (χ0n) is 14.0. The van der Waals surface area contributed by atoms with Crippen LogP contribution in [0.15, 0.2) is 42.5 Å². The highest BCUT2D eigenvalue weighted by atomic mass is 19.1. The molecule has 5 heteroatoms. The number of halogens is 1. The molecule has 1 N–H and O–H groups in total. The number of aliphatic hydroxyl groups is 1. The van der Waals surface area contributed by atoms with Gasteiger partial charge in [0.1, 0.15) is 11.4 Å². The quantitative estimate of drug-likeness (QED) is 0.915. The Morgan fingerprint density at radius 2 is 1.79 bits per heavy atom. The maximum absolute atomic E-state index is 14.3. The Morgan fingerprint density at radius 3 is 2.46 bits per heavy atom. The fraction of sp³-hybridized carbons (Fsp3) is 0.368. The minimum Gasteiger partial charge on any atom is -0.493 e. The van der Waals surface area contributed by atoms with Crippen LogP contribution in [0.1, 0.15) is 17.5 Å². The molecule has 24 heavy (non-hydrogen) atoms. The molecule has 0 aromatic heterocycles. The van der Waals surface area contributed by atoms with E-state index in [1.54, 1.807) is 6.07 Å². The first-order valence-corrected chi connectivity index (χ1v) is 7.96. The van der Waals surface area contributed by atoms with Crippen molar-refractivity contribution >= 4 is 0 Å². The molecule has 1 unspecified atom stereocenters. The topological polar surface area (TPSA) is 41.9 Å². The molecule has 0 radical (unpaired) electrons. The minimum atomic E-state index is -0.881. The summed E-state index contributed by atoms with van der Waals surface area (Å²) < 4.78 is 24.7. The Morgan fingerprint density at radius 1 is 1.12 bits per heavy atom. The third-order valence-corrected chi connectivity index (χ3v) is 4.58. The summed E-state index contributed by atoms with van der Waals surface area (Å²) in [5.41, 5.74) is 0.555. The van der Waals surface area contributed by atoms with Crippen LogP contribution < -0.4 is 9.47 Å². The van der Waals surface area contributed by atoms with Crippen molar-refractivity contribution in [1.82, 2.24) is 4.90 Å². The maximum Gasteiger partial charge on any atom is 0.163 e. The number of hydrogen-bond donors (Lipinski definition) is 1. The van der Waals surface area contributed by atoms with Gasteiger partial charge in [-0.05, 0) is 18.1 Å². The minimum absolute atomic E-state index is 0.331. The average molecular weight is 331 g/mol. The van der Waals surface area contributed by atoms with Gasteiger partial charge in [-0.25, -0.2) is 4.39 Å². The average Bonchev–Trinajstić information content (AvgIpc) is 2.99. The van der Waals surface area contributed by atoms with E-state index in [1.807, 2.05) is 30.3 Å². The van der Waals surface area contributed by atoms with Crippen LogP contribution in [0, 0.1) is 5.82 Å². The van der Waals surface area contributed by atoms with Crippen molar-refractivity contribution in [2.24, 2.45) is 0 Å². The second-order valence-electron chi connectivity index (χ2n) is 6.16. The third-order valence-electron chi connectivity index (χ3n) is 4.58. The summed E-state index contributed by atoms with van der Waals surface area (Å²) in [6.45, 7) is 1.60. The van der Waals surface area contributed by atoms with E-state index in [0.717, 1.165) is 5.56 Å². The predicted molar refractivity (Wildman–Crippen MR) is 89.7 cm³/mol. The molecule has 4 nitrogen and oxygen atoms in total. The summed E-state index contributed by atoms with van der Waals surface area (Å²) >= 11 is 0. The van der Waals surface area contributed by atoms with Crippen molar-refractivity contribution in [3.05, 3.63) is 59.4 Å². The molecule has 0 amide bonds. The van der Waals surface area contributed by atoms with Gasteiger partial charge in [0.2, 0.25) is 0 Å². The van der Waals surface area contributed by atoms with Gasteiger partial charge in [-0.2, -0.15) is 0 Å². The highest BCUT2D eigenvalue weighted by molar-refractivity contribution is 5.43. The van der Waals surface area contributed by atoms with E-state index < -0.39 is 5.60 Å². The molecule has 2 aromatic carbocycles. The molecule has 1 aliphatic rings. The van der Waals surface area contributed by atoms with Crippen LogP contribution >= 0.6 is 0 Å². The zero-order valence-corrected chi connectivity index (χ0v) is 14.0. The van der Waals surface area contributed by atoms with E-state index in [1.165, 1.54) is 20.3 Å². The first kappa shape index (κ1) is 16.7. The van der Waals surface area contributed by atoms with Crippen molar-refractivity contribution in [3.63, 3.8) is 0 Å². The highest BCUT2D eigenvalue weighted by Gasteiger charge is 2.37. The largest absolute Gasteiger partial charge is 0.493 e. The first-order valence-electron chi connectivity index (χ1n) is 7.96. The number of β-amino-alcohol motifs (C(OH)–C–C–N with tert-alkyl or cyclic N) is 1. The lowest BCUT2D eigenvalue weighted by atomic mass is 9.93. The smallest absolute Gasteiger partial charge is 0.163 e. The molecule has 1 fully saturated rings. The van der Waals surface area contributed by atoms with Crippen LogP contribution in [0.2, 0.25) is 0 Å². The fourth-order valence-corrected chi connectivity index (χ4v) is 3.25. The van der Waals surface area contributed by atoms with Gasteiger partial charge in [-0.15, -0.1) is 0 Å². The molecule has 1 heterocycles. The maximum atomic E-state index is 14.3. The summed E-state index contributed by atoms with van der Waals surface area (Å²) in [6.07, 6.45) is 0.631. The second-order valence-corrected chi connectivity index (χ2v) is 6.16. The van der Waals surface area contributed by atoms with Crippen molar-refractivity contribution < 1.29 is 19.0 Å². The third kappa shape index (κ3) is 3.23. The Hall–Kier alpha value is -2.11. The molecule has 1 atom stereocenters. The number of methoxy groups -OCH3 is 2. The van der Waals surface area contributed by atoms with Crippen LogP contribution in [-0.4, -0.2) is 37.3 Å². The van der Waals surface area contributed by atoms with Gasteiger partial charge in [0.15, 0.2) is 11.5 Å². The van der Waals surface area contributed by atoms with Crippen molar-refractivity contribution in [2.75, 3.05) is 27.3 Å². The van der Waals surface area contributed by atoms with Gasteiger partial charge in [0.05, 0.1) is 14.2 Å². The number of rotatable bonds is 5. The summed E-state index contributed by atoms with van der Waals surface area (Å²) in [6, 6.07) is 12.6. The molecular formula is C19H22FNO3. The summed E-state index contributed by atoms with van der Waals surface area (Å²) in [5, 5.41) is 10.9. The van der Waals surface area contributed by atoms with E-state index >= 15 is 0 Å². The first-order chi connectivity index (χ1) is 11.6. The number of likely N-dealkylation sites (tertiary alicyclic amines) is 1. The molecule has 0 spiro atoms. The van der Waals surface area contributed by atoms with Crippen LogP contribution in [0.3, 0.4) is 0 Å². The highest BCUT2D eigenvalue weighted by Crippen LogP contribution is 2.34. The standard InChI is InChI=1S/C19H22FNO3/c1-23-17-10-14(16(20)11-18(17)24-2)12-21-9-8-19(22,13-21)15-6-4-3-5-7-15/h3-7,10-11,22H,8-9,12-13H2,1-2H3. The lowest BCUT2D eigenvalue weighted by Gasteiger charge is -2.24. The Balaban J connectivity index is 1.76. The van der Waals surface area contributed by atoms with E-state index in [4.69, 9.17) is 9.47 Å².